The molecule has 3 rings (SSSR count). The standard InChI is InChI=1S/C14H18NO.C7H8O.CH3.Al/c1-4-5-7-12-8-6-9-13-14(12)15-10(2)11(3)16-13;1-6-2-4-7(8)5-3-6;;/h5-10,15H,4H2,1-3H3;2-5,8H,1H3;1H3;/q;;;+1/p-1/b7-5-;;;/t10-;;;/m1.../s1. The van der Waals surface area contributed by atoms with Gasteiger partial charge in [-0.05, 0) is 45.4 Å². The van der Waals surface area contributed by atoms with Gasteiger partial charge < -0.3 is 13.8 Å². The Balaban J connectivity index is 1.85. The average Bonchev–Trinajstić information content (AvgIpc) is 2.63. The van der Waals surface area contributed by atoms with E-state index in [4.69, 9.17) is 8.53 Å². The molecule has 1 heterocycles. The number of nitrogens with one attached hydrogen (secondary N) is 1. The molecule has 4 heteroatoms. The van der Waals surface area contributed by atoms with Crippen LogP contribution in [0.4, 0.5) is 5.69 Å². The zero-order valence-corrected chi connectivity index (χ0v) is 17.5. The summed E-state index contributed by atoms with van der Waals surface area (Å²) in [6.45, 7) is 8.59. The van der Waals surface area contributed by atoms with Crippen molar-refractivity contribution < 1.29 is 8.53 Å². The summed E-state index contributed by atoms with van der Waals surface area (Å²) >= 11 is -1.70. The van der Waals surface area contributed by atoms with Gasteiger partial charge in [0.1, 0.15) is 10.2 Å². The molecule has 0 saturated carbocycles. The summed E-state index contributed by atoms with van der Waals surface area (Å²) in [7, 11) is 0. The molecule has 2 aromatic rings. The van der Waals surface area contributed by atoms with Crippen LogP contribution in [-0.4, -0.2) is 25.0 Å². The number of allylic oxidation sites excluding steroid dienone is 1. The van der Waals surface area contributed by atoms with E-state index >= 15 is 0 Å². The topological polar surface area (TPSA) is 30.5 Å². The molecule has 0 bridgehead atoms. The van der Waals surface area contributed by atoms with E-state index in [0.29, 0.717) is 0 Å². The van der Waals surface area contributed by atoms with Crippen molar-refractivity contribution in [2.45, 2.75) is 50.4 Å². The van der Waals surface area contributed by atoms with Crippen LogP contribution < -0.4 is 13.8 Å². The van der Waals surface area contributed by atoms with Crippen LogP contribution >= 0.6 is 0 Å². The second-order valence-electron chi connectivity index (χ2n) is 7.26. The van der Waals surface area contributed by atoms with Crippen LogP contribution in [0.3, 0.4) is 0 Å². The van der Waals surface area contributed by atoms with Crippen LogP contribution in [0.25, 0.3) is 6.08 Å². The van der Waals surface area contributed by atoms with Crippen molar-refractivity contribution in [3.05, 3.63) is 59.7 Å². The molecular weight excluding hydrogens is 337 g/mol. The first-order valence-electron chi connectivity index (χ1n) is 9.42. The maximum atomic E-state index is 6.55. The lowest BCUT2D eigenvalue weighted by molar-refractivity contribution is 0.129. The van der Waals surface area contributed by atoms with Crippen molar-refractivity contribution in [1.82, 2.24) is 0 Å². The first-order valence-corrected chi connectivity index (χ1v) is 11.6. The number of hydrogen-bond acceptors (Lipinski definition) is 3. The Morgan fingerprint density at radius 3 is 2.65 bits per heavy atom. The molecule has 26 heavy (non-hydrogen) atoms. The molecule has 0 saturated heterocycles. The number of para-hydroxylation sites is 1. The van der Waals surface area contributed by atoms with Gasteiger partial charge in [-0.25, -0.2) is 0 Å². The van der Waals surface area contributed by atoms with Crippen molar-refractivity contribution in [1.29, 1.82) is 0 Å². The Bertz CT molecular complexity index is 787. The first-order chi connectivity index (χ1) is 12.4. The van der Waals surface area contributed by atoms with E-state index in [1.54, 1.807) is 0 Å². The summed E-state index contributed by atoms with van der Waals surface area (Å²) < 4.78 is 12.6. The summed E-state index contributed by atoms with van der Waals surface area (Å²) in [5.41, 5.74) is 3.49. The van der Waals surface area contributed by atoms with Gasteiger partial charge in [0.2, 0.25) is 0 Å². The van der Waals surface area contributed by atoms with Gasteiger partial charge in [0.25, 0.3) is 0 Å². The monoisotopic (exact) mass is 365 g/mol. The van der Waals surface area contributed by atoms with Gasteiger partial charge >= 0.3 is 14.5 Å². The zero-order chi connectivity index (χ0) is 18.7. The van der Waals surface area contributed by atoms with Crippen LogP contribution in [0.5, 0.6) is 11.5 Å². The second-order valence-corrected chi connectivity index (χ2v) is 9.92. The molecule has 136 valence electrons. The normalized spacial score (nSPS) is 21.7. The highest BCUT2D eigenvalue weighted by atomic mass is 27.2. The number of hydrogen-bond donors (Lipinski definition) is 1. The fourth-order valence-corrected chi connectivity index (χ4v) is 5.11. The minimum atomic E-state index is -1.70. The van der Waals surface area contributed by atoms with Crippen LogP contribution in [0.1, 0.15) is 38.3 Å². The second kappa shape index (κ2) is 7.78. The maximum Gasteiger partial charge on any atom is 0.594 e. The number of fused-ring (bicyclic) bond motifs is 1. The third-order valence-electron chi connectivity index (χ3n) is 5.28. The minimum absolute atomic E-state index is 0.165. The van der Waals surface area contributed by atoms with Crippen LogP contribution in [0, 0.1) is 6.92 Å². The Hall–Kier alpha value is -1.89. The van der Waals surface area contributed by atoms with E-state index in [9.17, 15) is 0 Å². The van der Waals surface area contributed by atoms with Gasteiger partial charge in [-0.1, -0.05) is 54.7 Å². The average molecular weight is 365 g/mol. The summed E-state index contributed by atoms with van der Waals surface area (Å²) in [4.78, 5) is 0. The van der Waals surface area contributed by atoms with Crippen LogP contribution in [0.2, 0.25) is 5.79 Å². The van der Waals surface area contributed by atoms with Crippen LogP contribution in [0.15, 0.2) is 48.5 Å². The van der Waals surface area contributed by atoms with Gasteiger partial charge in [-0.15, -0.1) is 0 Å². The lowest BCUT2D eigenvalue weighted by Crippen LogP contribution is -2.61. The lowest BCUT2D eigenvalue weighted by Gasteiger charge is -2.43. The summed E-state index contributed by atoms with van der Waals surface area (Å²) in [5.74, 6) is 4.05. The lowest BCUT2D eigenvalue weighted by atomic mass is 10.1. The molecule has 2 aromatic carbocycles. The fourth-order valence-electron chi connectivity index (χ4n) is 3.23. The predicted molar refractivity (Wildman–Crippen MR) is 111 cm³/mol. The molecule has 0 fully saturated rings. The highest BCUT2D eigenvalue weighted by Gasteiger charge is 2.51. The molecule has 0 aliphatic carbocycles. The van der Waals surface area contributed by atoms with E-state index in [1.165, 1.54) is 11.1 Å². The van der Waals surface area contributed by atoms with Crippen molar-refractivity contribution in [2.24, 2.45) is 0 Å². The Morgan fingerprint density at radius 1 is 1.23 bits per heavy atom. The number of benzene rings is 2. The van der Waals surface area contributed by atoms with Crippen molar-refractivity contribution in [3.8, 4) is 11.5 Å². The van der Waals surface area contributed by atoms with Crippen molar-refractivity contribution >= 4 is 26.2 Å². The Kier molecular flexibility index (Phi) is 5.65. The first kappa shape index (κ1) is 18.9. The number of rotatable bonds is 5. The van der Waals surface area contributed by atoms with Gasteiger partial charge in [0, 0.05) is 5.56 Å². The molecule has 0 radical (unpaired) electrons. The molecule has 1 aliphatic heterocycles. The predicted octanol–water partition coefficient (Wildman–Crippen LogP) is 5.61. The highest BCUT2D eigenvalue weighted by Crippen LogP contribution is 2.40. The van der Waals surface area contributed by atoms with Gasteiger partial charge in [0.15, 0.2) is 0 Å². The molecule has 0 spiro atoms. The van der Waals surface area contributed by atoms with Gasteiger partial charge in [-0.2, -0.15) is 0 Å². The van der Waals surface area contributed by atoms with E-state index < -0.39 is 14.5 Å². The van der Waals surface area contributed by atoms with Gasteiger partial charge in [-0.3, -0.25) is 0 Å². The maximum absolute atomic E-state index is 6.55. The van der Waals surface area contributed by atoms with Gasteiger partial charge in [0.05, 0.1) is 17.5 Å². The summed E-state index contributed by atoms with van der Waals surface area (Å²) in [6.07, 6.45) is 5.36. The van der Waals surface area contributed by atoms with E-state index in [0.717, 1.165) is 23.6 Å². The van der Waals surface area contributed by atoms with Crippen molar-refractivity contribution in [3.63, 3.8) is 0 Å². The van der Waals surface area contributed by atoms with Crippen molar-refractivity contribution in [2.75, 3.05) is 5.32 Å². The van der Waals surface area contributed by atoms with E-state index in [2.05, 4.69) is 75.2 Å². The van der Waals surface area contributed by atoms with E-state index in [-0.39, 0.29) is 10.5 Å². The quantitative estimate of drug-likeness (QED) is 0.699. The van der Waals surface area contributed by atoms with Crippen LogP contribution in [-0.2, 0) is 0 Å². The number of anilines is 1. The minimum Gasteiger partial charge on any atom is -0.641 e. The summed E-state index contributed by atoms with van der Waals surface area (Å²) in [5, 5.41) is 3.68. The third-order valence-corrected chi connectivity index (χ3v) is 8.14. The molecular formula is C22H28AlNO2. The number of aryl methyl sites for hydroxylation is 1. The Morgan fingerprint density at radius 2 is 1.96 bits per heavy atom. The molecule has 2 atom stereocenters. The molecule has 0 aromatic heterocycles. The third kappa shape index (κ3) is 3.77. The molecule has 1 N–H and O–H groups in total. The van der Waals surface area contributed by atoms with E-state index in [1.807, 2.05) is 18.2 Å². The zero-order valence-electron chi connectivity index (χ0n) is 16.4. The fraction of sp³-hybridized carbons (Fsp3) is 0.364. The largest absolute Gasteiger partial charge is 0.641 e. The molecule has 3 nitrogen and oxygen atoms in total. The smallest absolute Gasteiger partial charge is 0.594 e. The summed E-state index contributed by atoms with van der Waals surface area (Å²) in [6, 6.07) is 14.7. The molecule has 0 amide bonds. The highest BCUT2D eigenvalue weighted by molar-refractivity contribution is 6.55. The Labute approximate surface area is 161 Å². The SMILES string of the molecule is CC/C=C\c1cccc2c1N[C@H](C)[C](C)([Al]([CH3])[O]c1ccc(C)cc1)O2. The number of ether oxygens (including phenoxy) is 1. The molecule has 1 unspecified atom stereocenters. The molecule has 1 aliphatic rings.